The molecule has 2 fully saturated rings. The summed E-state index contributed by atoms with van der Waals surface area (Å²) in [6.07, 6.45) is 7.39. The van der Waals surface area contributed by atoms with Crippen LogP contribution < -0.4 is 11.1 Å². The van der Waals surface area contributed by atoms with Crippen molar-refractivity contribution in [3.8, 4) is 0 Å². The summed E-state index contributed by atoms with van der Waals surface area (Å²) in [5.74, 6) is 0.522. The second-order valence-corrected chi connectivity index (χ2v) is 6.39. The van der Waals surface area contributed by atoms with Crippen LogP contribution in [0.3, 0.4) is 0 Å². The van der Waals surface area contributed by atoms with Gasteiger partial charge >= 0.3 is 0 Å². The molecule has 0 saturated heterocycles. The number of guanidine groups is 1. The summed E-state index contributed by atoms with van der Waals surface area (Å²) in [6, 6.07) is 0.540. The van der Waals surface area contributed by atoms with Crippen LogP contribution in [-0.4, -0.2) is 33.8 Å². The van der Waals surface area contributed by atoms with Gasteiger partial charge in [0.05, 0.1) is 11.3 Å². The first-order valence-corrected chi connectivity index (χ1v) is 7.08. The summed E-state index contributed by atoms with van der Waals surface area (Å²) < 4.78 is 11.5. The van der Waals surface area contributed by atoms with Crippen LogP contribution in [0, 0.1) is 0 Å². The lowest BCUT2D eigenvalue weighted by atomic mass is 9.84. The van der Waals surface area contributed by atoms with E-state index in [9.17, 15) is 4.21 Å². The molecule has 6 heteroatoms. The SMILES string of the molecule is CS(=O)C1(CN=C(N)NC2CC2)CCC1.I. The summed E-state index contributed by atoms with van der Waals surface area (Å²) in [5.41, 5.74) is 5.74. The highest BCUT2D eigenvalue weighted by atomic mass is 127. The van der Waals surface area contributed by atoms with Crippen molar-refractivity contribution < 1.29 is 4.21 Å². The molecule has 0 aromatic carbocycles. The Balaban J connectivity index is 0.00000128. The molecular formula is C10H20IN3OS. The number of aliphatic imine (C=N–C) groups is 1. The van der Waals surface area contributed by atoms with Gasteiger partial charge in [-0.3, -0.25) is 9.20 Å². The highest BCUT2D eigenvalue weighted by Gasteiger charge is 2.40. The zero-order valence-electron chi connectivity index (χ0n) is 9.57. The first-order valence-electron chi connectivity index (χ1n) is 5.52. The average molecular weight is 357 g/mol. The van der Waals surface area contributed by atoms with Gasteiger partial charge in [-0.15, -0.1) is 24.0 Å². The van der Waals surface area contributed by atoms with Crippen molar-refractivity contribution in [3.05, 3.63) is 0 Å². The van der Waals surface area contributed by atoms with Crippen molar-refractivity contribution in [2.24, 2.45) is 10.7 Å². The average Bonchev–Trinajstić information content (AvgIpc) is 2.85. The third-order valence-electron chi connectivity index (χ3n) is 3.34. The molecule has 0 amide bonds. The van der Waals surface area contributed by atoms with Gasteiger partial charge in [-0.05, 0) is 25.7 Å². The van der Waals surface area contributed by atoms with Gasteiger partial charge in [0.1, 0.15) is 0 Å². The Bertz CT molecular complexity index is 300. The van der Waals surface area contributed by atoms with E-state index in [2.05, 4.69) is 10.3 Å². The summed E-state index contributed by atoms with van der Waals surface area (Å²) in [6.45, 7) is 0.613. The monoisotopic (exact) mass is 357 g/mol. The molecule has 16 heavy (non-hydrogen) atoms. The van der Waals surface area contributed by atoms with E-state index in [0.29, 0.717) is 18.5 Å². The van der Waals surface area contributed by atoms with Crippen LogP contribution in [0.2, 0.25) is 0 Å². The Morgan fingerprint density at radius 2 is 2.19 bits per heavy atom. The fraction of sp³-hybridized carbons (Fsp3) is 0.900. The standard InChI is InChI=1S/C10H19N3OS.HI/c1-15(14)10(5-2-6-10)7-12-9(11)13-8-3-4-8;/h8H,2-7H2,1H3,(H3,11,12,13);1H. The maximum atomic E-state index is 11.6. The molecule has 0 bridgehead atoms. The normalized spacial score (nSPS) is 25.2. The van der Waals surface area contributed by atoms with Crippen LogP contribution in [0.25, 0.3) is 0 Å². The molecule has 2 rings (SSSR count). The van der Waals surface area contributed by atoms with Crippen LogP contribution in [0.5, 0.6) is 0 Å². The quantitative estimate of drug-likeness (QED) is 0.448. The first-order chi connectivity index (χ1) is 7.12. The number of nitrogens with zero attached hydrogens (tertiary/aromatic N) is 1. The van der Waals surface area contributed by atoms with E-state index in [1.54, 1.807) is 6.26 Å². The molecule has 94 valence electrons. The number of hydrogen-bond donors (Lipinski definition) is 2. The molecule has 0 aliphatic heterocycles. The Kier molecular flexibility index (Phi) is 5.03. The van der Waals surface area contributed by atoms with Crippen molar-refractivity contribution in [1.82, 2.24) is 5.32 Å². The molecule has 2 aliphatic rings. The molecule has 0 spiro atoms. The van der Waals surface area contributed by atoms with Gasteiger partial charge in [-0.1, -0.05) is 6.42 Å². The van der Waals surface area contributed by atoms with E-state index in [4.69, 9.17) is 5.73 Å². The Hall–Kier alpha value is 0.150. The number of hydrogen-bond acceptors (Lipinski definition) is 2. The predicted molar refractivity (Wildman–Crippen MR) is 78.7 cm³/mol. The fourth-order valence-electron chi connectivity index (χ4n) is 1.82. The minimum Gasteiger partial charge on any atom is -0.370 e. The van der Waals surface area contributed by atoms with Crippen molar-refractivity contribution in [2.75, 3.05) is 12.8 Å². The Morgan fingerprint density at radius 3 is 2.56 bits per heavy atom. The Labute approximate surface area is 116 Å². The first kappa shape index (κ1) is 14.2. The van der Waals surface area contributed by atoms with Gasteiger partial charge in [0.15, 0.2) is 5.96 Å². The lowest BCUT2D eigenvalue weighted by molar-refractivity contribution is 0.361. The van der Waals surface area contributed by atoms with Crippen molar-refractivity contribution in [3.63, 3.8) is 0 Å². The lowest BCUT2D eigenvalue weighted by Crippen LogP contribution is -2.45. The van der Waals surface area contributed by atoms with E-state index in [-0.39, 0.29) is 28.7 Å². The van der Waals surface area contributed by atoms with E-state index in [1.165, 1.54) is 19.3 Å². The van der Waals surface area contributed by atoms with Crippen LogP contribution in [0.4, 0.5) is 0 Å². The lowest BCUT2D eigenvalue weighted by Gasteiger charge is -2.38. The molecule has 3 N–H and O–H groups in total. The maximum Gasteiger partial charge on any atom is 0.188 e. The Morgan fingerprint density at radius 1 is 1.56 bits per heavy atom. The summed E-state index contributed by atoms with van der Waals surface area (Å²) in [4.78, 5) is 4.31. The van der Waals surface area contributed by atoms with E-state index < -0.39 is 10.8 Å². The van der Waals surface area contributed by atoms with E-state index >= 15 is 0 Å². The molecule has 0 aromatic rings. The number of nitrogens with two attached hydrogens (primary N) is 1. The van der Waals surface area contributed by atoms with Gasteiger partial charge in [0, 0.05) is 23.1 Å². The smallest absolute Gasteiger partial charge is 0.188 e. The minimum absolute atomic E-state index is 0. The summed E-state index contributed by atoms with van der Waals surface area (Å²) in [7, 11) is -0.786. The number of halogens is 1. The molecule has 0 radical (unpaired) electrons. The van der Waals surface area contributed by atoms with Gasteiger partial charge in [0.2, 0.25) is 0 Å². The maximum absolute atomic E-state index is 11.6. The van der Waals surface area contributed by atoms with Crippen LogP contribution in [-0.2, 0) is 10.8 Å². The predicted octanol–water partition coefficient (Wildman–Crippen LogP) is 0.972. The zero-order valence-corrected chi connectivity index (χ0v) is 12.7. The van der Waals surface area contributed by atoms with Crippen LogP contribution in [0.15, 0.2) is 4.99 Å². The topological polar surface area (TPSA) is 67.5 Å². The molecule has 4 nitrogen and oxygen atoms in total. The highest BCUT2D eigenvalue weighted by molar-refractivity contribution is 14.0. The van der Waals surface area contributed by atoms with Gasteiger partial charge < -0.3 is 11.1 Å². The summed E-state index contributed by atoms with van der Waals surface area (Å²) >= 11 is 0. The third kappa shape index (κ3) is 3.32. The van der Waals surface area contributed by atoms with Gasteiger partial charge in [-0.2, -0.15) is 0 Å². The second kappa shape index (κ2) is 5.66. The highest BCUT2D eigenvalue weighted by Crippen LogP contribution is 2.37. The zero-order chi connectivity index (χ0) is 10.9. The van der Waals surface area contributed by atoms with Crippen LogP contribution in [0.1, 0.15) is 32.1 Å². The van der Waals surface area contributed by atoms with Crippen molar-refractivity contribution in [2.45, 2.75) is 42.9 Å². The van der Waals surface area contributed by atoms with Crippen LogP contribution >= 0.6 is 24.0 Å². The molecule has 2 aliphatic carbocycles. The fourth-order valence-corrected chi connectivity index (χ4v) is 2.93. The van der Waals surface area contributed by atoms with Crippen molar-refractivity contribution in [1.29, 1.82) is 0 Å². The number of rotatable bonds is 4. The molecule has 0 heterocycles. The second-order valence-electron chi connectivity index (χ2n) is 4.61. The van der Waals surface area contributed by atoms with E-state index in [1.807, 2.05) is 0 Å². The van der Waals surface area contributed by atoms with E-state index in [0.717, 1.165) is 12.8 Å². The van der Waals surface area contributed by atoms with Gasteiger partial charge in [0.25, 0.3) is 0 Å². The largest absolute Gasteiger partial charge is 0.370 e. The molecule has 2 saturated carbocycles. The minimum atomic E-state index is -0.786. The molecular weight excluding hydrogens is 337 g/mol. The molecule has 1 atom stereocenters. The molecule has 0 aromatic heterocycles. The molecule has 1 unspecified atom stereocenters. The summed E-state index contributed by atoms with van der Waals surface area (Å²) in [5, 5.41) is 3.14. The number of nitrogens with one attached hydrogen (secondary N) is 1. The van der Waals surface area contributed by atoms with Crippen molar-refractivity contribution >= 4 is 40.7 Å². The van der Waals surface area contributed by atoms with Gasteiger partial charge in [-0.25, -0.2) is 0 Å². The third-order valence-corrected chi connectivity index (χ3v) is 5.10.